The number of methoxy groups -OCH3 is 1. The Morgan fingerprint density at radius 3 is 2.90 bits per heavy atom. The zero-order valence-corrected chi connectivity index (χ0v) is 11.9. The zero-order chi connectivity index (χ0) is 14.7. The number of aromatic amines is 1. The first-order valence-corrected chi connectivity index (χ1v) is 6.96. The first-order chi connectivity index (χ1) is 10.3. The molecule has 0 aliphatic carbocycles. The number of hydrogen-bond donors (Lipinski definition) is 3. The van der Waals surface area contributed by atoms with Gasteiger partial charge in [-0.15, -0.1) is 0 Å². The monoisotopic (exact) mass is 286 g/mol. The average molecular weight is 286 g/mol. The van der Waals surface area contributed by atoms with Crippen LogP contribution in [-0.2, 0) is 19.5 Å². The minimum atomic E-state index is -0.0428. The number of anilines is 1. The molecule has 2 aromatic rings. The van der Waals surface area contributed by atoms with Crippen LogP contribution in [0.15, 0.2) is 29.1 Å². The molecule has 3 rings (SSSR count). The highest BCUT2D eigenvalue weighted by molar-refractivity contribution is 5.34. The van der Waals surface area contributed by atoms with Crippen molar-refractivity contribution in [1.29, 1.82) is 0 Å². The molecule has 0 bridgehead atoms. The molecule has 0 atom stereocenters. The van der Waals surface area contributed by atoms with Crippen molar-refractivity contribution in [2.75, 3.05) is 19.0 Å². The fraction of sp³-hybridized carbons (Fsp3) is 0.333. The maximum absolute atomic E-state index is 12.0. The number of aromatic nitrogens is 2. The van der Waals surface area contributed by atoms with Gasteiger partial charge in [-0.3, -0.25) is 9.78 Å². The lowest BCUT2D eigenvalue weighted by Crippen LogP contribution is -2.31. The van der Waals surface area contributed by atoms with Crippen molar-refractivity contribution in [2.24, 2.45) is 0 Å². The van der Waals surface area contributed by atoms with Gasteiger partial charge in [-0.05, 0) is 30.7 Å². The lowest BCUT2D eigenvalue weighted by molar-refractivity contribution is 0.414. The summed E-state index contributed by atoms with van der Waals surface area (Å²) in [4.78, 5) is 19.3. The Hall–Kier alpha value is -2.34. The summed E-state index contributed by atoms with van der Waals surface area (Å²) in [7, 11) is 1.64. The maximum Gasteiger partial charge on any atom is 0.255 e. The Bertz CT molecular complexity index is 679. The Morgan fingerprint density at radius 2 is 2.14 bits per heavy atom. The molecule has 21 heavy (non-hydrogen) atoms. The van der Waals surface area contributed by atoms with Gasteiger partial charge in [0.15, 0.2) is 0 Å². The quantitative estimate of drug-likeness (QED) is 0.782. The average Bonchev–Trinajstić information content (AvgIpc) is 2.53. The van der Waals surface area contributed by atoms with Crippen LogP contribution in [0.2, 0.25) is 0 Å². The molecule has 1 aliphatic heterocycles. The Balaban J connectivity index is 1.72. The van der Waals surface area contributed by atoms with Crippen molar-refractivity contribution < 1.29 is 4.74 Å². The summed E-state index contributed by atoms with van der Waals surface area (Å²) in [6.07, 6.45) is 0.733. The lowest BCUT2D eigenvalue weighted by atomic mass is 10.1. The third-order valence-electron chi connectivity index (χ3n) is 3.56. The molecule has 6 heteroatoms. The number of nitrogens with one attached hydrogen (secondary N) is 3. The molecule has 0 unspecified atom stereocenters. The maximum atomic E-state index is 12.0. The van der Waals surface area contributed by atoms with Crippen LogP contribution in [0.5, 0.6) is 5.75 Å². The summed E-state index contributed by atoms with van der Waals surface area (Å²) in [6, 6.07) is 7.77. The van der Waals surface area contributed by atoms with Gasteiger partial charge in [0.1, 0.15) is 5.75 Å². The summed E-state index contributed by atoms with van der Waals surface area (Å²) in [5, 5.41) is 6.38. The van der Waals surface area contributed by atoms with Crippen LogP contribution in [0.25, 0.3) is 0 Å². The minimum Gasteiger partial charge on any atom is -0.497 e. The van der Waals surface area contributed by atoms with E-state index < -0.39 is 0 Å². The molecule has 0 radical (unpaired) electrons. The smallest absolute Gasteiger partial charge is 0.255 e. The van der Waals surface area contributed by atoms with E-state index in [4.69, 9.17) is 4.74 Å². The van der Waals surface area contributed by atoms with Crippen molar-refractivity contribution in [3.05, 3.63) is 51.4 Å². The van der Waals surface area contributed by atoms with Crippen LogP contribution in [0, 0.1) is 0 Å². The summed E-state index contributed by atoms with van der Waals surface area (Å²) < 4.78 is 5.12. The second-order valence-electron chi connectivity index (χ2n) is 4.97. The van der Waals surface area contributed by atoms with Gasteiger partial charge in [-0.1, -0.05) is 12.1 Å². The second kappa shape index (κ2) is 5.97. The number of fused-ring (bicyclic) bond motifs is 1. The van der Waals surface area contributed by atoms with E-state index in [2.05, 4.69) is 20.6 Å². The predicted octanol–water partition coefficient (Wildman–Crippen LogP) is 1.04. The van der Waals surface area contributed by atoms with E-state index in [0.29, 0.717) is 19.0 Å². The summed E-state index contributed by atoms with van der Waals surface area (Å²) in [5.74, 6) is 1.34. The van der Waals surface area contributed by atoms with E-state index in [9.17, 15) is 4.79 Å². The normalized spacial score (nSPS) is 13.6. The summed E-state index contributed by atoms with van der Waals surface area (Å²) in [6.45, 7) is 2.08. The van der Waals surface area contributed by atoms with Gasteiger partial charge in [0.25, 0.3) is 5.56 Å². The van der Waals surface area contributed by atoms with Crippen LogP contribution in [0.4, 0.5) is 5.95 Å². The molecule has 0 saturated heterocycles. The molecule has 0 fully saturated rings. The van der Waals surface area contributed by atoms with E-state index in [-0.39, 0.29) is 5.56 Å². The number of ether oxygens (including phenoxy) is 1. The second-order valence-corrected chi connectivity index (χ2v) is 4.97. The zero-order valence-electron chi connectivity index (χ0n) is 11.9. The molecular weight excluding hydrogens is 268 g/mol. The number of H-pyrrole nitrogens is 1. The highest BCUT2D eigenvalue weighted by atomic mass is 16.5. The van der Waals surface area contributed by atoms with Crippen molar-refractivity contribution in [2.45, 2.75) is 19.5 Å². The molecule has 1 aromatic carbocycles. The first-order valence-electron chi connectivity index (χ1n) is 6.96. The molecule has 0 amide bonds. The Labute approximate surface area is 122 Å². The van der Waals surface area contributed by atoms with Gasteiger partial charge in [0.2, 0.25) is 5.95 Å². The highest BCUT2D eigenvalue weighted by Gasteiger charge is 2.14. The molecule has 0 spiro atoms. The molecule has 110 valence electrons. The number of rotatable bonds is 4. The van der Waals surface area contributed by atoms with Crippen molar-refractivity contribution in [3.63, 3.8) is 0 Å². The van der Waals surface area contributed by atoms with E-state index in [1.165, 1.54) is 0 Å². The number of nitrogens with zero attached hydrogens (tertiary/aromatic N) is 1. The first kappa shape index (κ1) is 13.6. The van der Waals surface area contributed by atoms with Crippen LogP contribution < -0.4 is 20.9 Å². The lowest BCUT2D eigenvalue weighted by Gasteiger charge is -2.16. The van der Waals surface area contributed by atoms with E-state index in [1.807, 2.05) is 24.3 Å². The third kappa shape index (κ3) is 3.05. The fourth-order valence-electron chi connectivity index (χ4n) is 2.38. The summed E-state index contributed by atoms with van der Waals surface area (Å²) in [5.41, 5.74) is 2.68. The Kier molecular flexibility index (Phi) is 3.87. The topological polar surface area (TPSA) is 79.0 Å². The van der Waals surface area contributed by atoms with Gasteiger partial charge in [-0.2, -0.15) is 0 Å². The van der Waals surface area contributed by atoms with Crippen LogP contribution in [-0.4, -0.2) is 23.6 Å². The molecule has 2 heterocycles. The molecule has 3 N–H and O–H groups in total. The minimum absolute atomic E-state index is 0.0428. The molecule has 6 nitrogen and oxygen atoms in total. The highest BCUT2D eigenvalue weighted by Crippen LogP contribution is 2.13. The summed E-state index contributed by atoms with van der Waals surface area (Å²) >= 11 is 0. The standard InChI is InChI=1S/C15H18N4O2/c1-21-11-4-2-10(3-5-11)8-17-15-18-13-9-16-7-6-12(13)14(20)19-15/h2-5,16H,6-9H2,1H3,(H2,17,18,19,20). The largest absolute Gasteiger partial charge is 0.497 e. The number of benzene rings is 1. The van der Waals surface area contributed by atoms with Gasteiger partial charge in [0.05, 0.1) is 12.8 Å². The SMILES string of the molecule is COc1ccc(CNc2nc3c(c(=O)[nH]2)CCNC3)cc1. The van der Waals surface area contributed by atoms with Crippen LogP contribution in [0.3, 0.4) is 0 Å². The van der Waals surface area contributed by atoms with E-state index in [1.54, 1.807) is 7.11 Å². The van der Waals surface area contributed by atoms with E-state index in [0.717, 1.165) is 35.5 Å². The molecule has 1 aliphatic rings. The number of hydrogen-bond acceptors (Lipinski definition) is 5. The van der Waals surface area contributed by atoms with Gasteiger partial charge >= 0.3 is 0 Å². The van der Waals surface area contributed by atoms with Gasteiger partial charge in [-0.25, -0.2) is 4.98 Å². The third-order valence-corrected chi connectivity index (χ3v) is 3.56. The molecule has 0 saturated carbocycles. The van der Waals surface area contributed by atoms with Gasteiger partial charge in [0, 0.05) is 18.7 Å². The molecular formula is C15H18N4O2. The predicted molar refractivity (Wildman–Crippen MR) is 80.6 cm³/mol. The van der Waals surface area contributed by atoms with Crippen LogP contribution in [0.1, 0.15) is 16.8 Å². The van der Waals surface area contributed by atoms with Crippen molar-refractivity contribution in [3.8, 4) is 5.75 Å². The Morgan fingerprint density at radius 1 is 1.33 bits per heavy atom. The van der Waals surface area contributed by atoms with E-state index >= 15 is 0 Å². The van der Waals surface area contributed by atoms with Gasteiger partial charge < -0.3 is 15.4 Å². The van der Waals surface area contributed by atoms with Crippen molar-refractivity contribution >= 4 is 5.95 Å². The molecule has 1 aromatic heterocycles. The van der Waals surface area contributed by atoms with Crippen LogP contribution >= 0.6 is 0 Å². The fourth-order valence-corrected chi connectivity index (χ4v) is 2.38. The van der Waals surface area contributed by atoms with Crippen molar-refractivity contribution in [1.82, 2.24) is 15.3 Å².